The zero-order valence-electron chi connectivity index (χ0n) is 13.2. The molecule has 20 heavy (non-hydrogen) atoms. The van der Waals surface area contributed by atoms with Gasteiger partial charge in [-0.15, -0.1) is 0 Å². The fourth-order valence-electron chi connectivity index (χ4n) is 3.42. The Morgan fingerprint density at radius 3 is 2.55 bits per heavy atom. The third kappa shape index (κ3) is 2.74. The SMILES string of the molecule is CCC.C[C@@H]1C(=O)N2C(CC[C@H]2C)Cc2ccccc21.[HH]. The molecule has 1 saturated heterocycles. The molecule has 1 unspecified atom stereocenters. The molecule has 1 aromatic rings. The van der Waals surface area contributed by atoms with E-state index in [4.69, 9.17) is 0 Å². The lowest BCUT2D eigenvalue weighted by Crippen LogP contribution is -2.41. The fraction of sp³-hybridized carbons (Fsp3) is 0.611. The second-order valence-electron chi connectivity index (χ2n) is 6.16. The Morgan fingerprint density at radius 2 is 1.85 bits per heavy atom. The van der Waals surface area contributed by atoms with Crippen LogP contribution in [0.2, 0.25) is 0 Å². The molecule has 0 radical (unpaired) electrons. The highest BCUT2D eigenvalue weighted by molar-refractivity contribution is 5.85. The van der Waals surface area contributed by atoms with Gasteiger partial charge in [0.05, 0.1) is 5.92 Å². The Kier molecular flexibility index (Phi) is 4.85. The monoisotopic (exact) mass is 275 g/mol. The van der Waals surface area contributed by atoms with Crippen molar-refractivity contribution >= 4 is 5.91 Å². The summed E-state index contributed by atoms with van der Waals surface area (Å²) in [6.45, 7) is 8.48. The number of fused-ring (bicyclic) bond motifs is 2. The van der Waals surface area contributed by atoms with Crippen LogP contribution in [-0.2, 0) is 11.2 Å². The summed E-state index contributed by atoms with van der Waals surface area (Å²) < 4.78 is 0. The minimum absolute atomic E-state index is 0. The average molecular weight is 275 g/mol. The summed E-state index contributed by atoms with van der Waals surface area (Å²) in [5.41, 5.74) is 2.61. The van der Waals surface area contributed by atoms with Gasteiger partial charge in [0, 0.05) is 13.5 Å². The summed E-state index contributed by atoms with van der Waals surface area (Å²) in [6, 6.07) is 9.29. The number of carbonyl (C=O) groups excluding carboxylic acids is 1. The van der Waals surface area contributed by atoms with E-state index >= 15 is 0 Å². The van der Waals surface area contributed by atoms with Crippen LogP contribution in [0.3, 0.4) is 0 Å². The van der Waals surface area contributed by atoms with Crippen molar-refractivity contribution in [2.75, 3.05) is 0 Å². The molecule has 112 valence electrons. The second-order valence-corrected chi connectivity index (χ2v) is 6.16. The maximum atomic E-state index is 12.5. The number of hydrogen-bond acceptors (Lipinski definition) is 1. The molecule has 0 aromatic heterocycles. The molecule has 1 fully saturated rings. The third-order valence-electron chi connectivity index (χ3n) is 4.39. The molecule has 2 nitrogen and oxygen atoms in total. The second kappa shape index (κ2) is 6.43. The lowest BCUT2D eigenvalue weighted by atomic mass is 9.93. The molecule has 0 bridgehead atoms. The number of rotatable bonds is 0. The summed E-state index contributed by atoms with van der Waals surface area (Å²) >= 11 is 0. The minimum atomic E-state index is 0. The number of hydrogen-bond donors (Lipinski definition) is 0. The summed E-state index contributed by atoms with van der Waals surface area (Å²) in [6.07, 6.45) is 4.61. The van der Waals surface area contributed by atoms with Crippen molar-refractivity contribution in [3.05, 3.63) is 35.4 Å². The molecule has 3 atom stereocenters. The van der Waals surface area contributed by atoms with E-state index in [0.717, 1.165) is 19.3 Å². The van der Waals surface area contributed by atoms with Gasteiger partial charge < -0.3 is 4.90 Å². The molecule has 0 spiro atoms. The summed E-state index contributed by atoms with van der Waals surface area (Å²) in [4.78, 5) is 14.7. The van der Waals surface area contributed by atoms with E-state index in [2.05, 4.69) is 50.8 Å². The van der Waals surface area contributed by atoms with Gasteiger partial charge in [-0.3, -0.25) is 4.79 Å². The molecule has 1 amide bonds. The number of carbonyl (C=O) groups is 1. The van der Waals surface area contributed by atoms with Gasteiger partial charge in [-0.1, -0.05) is 44.5 Å². The first-order valence-electron chi connectivity index (χ1n) is 8.00. The molecule has 0 saturated carbocycles. The van der Waals surface area contributed by atoms with Crippen molar-refractivity contribution in [3.8, 4) is 0 Å². The van der Waals surface area contributed by atoms with Crippen LogP contribution < -0.4 is 0 Å². The Hall–Kier alpha value is -1.31. The lowest BCUT2D eigenvalue weighted by molar-refractivity contribution is -0.134. The lowest BCUT2D eigenvalue weighted by Gasteiger charge is -2.28. The van der Waals surface area contributed by atoms with Crippen molar-refractivity contribution in [2.45, 2.75) is 71.4 Å². The maximum absolute atomic E-state index is 12.5. The van der Waals surface area contributed by atoms with E-state index < -0.39 is 0 Å². The first-order chi connectivity index (χ1) is 9.60. The summed E-state index contributed by atoms with van der Waals surface area (Å²) in [5, 5.41) is 0. The molecule has 2 aliphatic rings. The van der Waals surface area contributed by atoms with Gasteiger partial charge in [0.15, 0.2) is 0 Å². The molecular formula is C18H29NO. The zero-order chi connectivity index (χ0) is 14.7. The van der Waals surface area contributed by atoms with Crippen LogP contribution in [0.1, 0.15) is 65.4 Å². The molecular weight excluding hydrogens is 246 g/mol. The summed E-state index contributed by atoms with van der Waals surface area (Å²) in [5.74, 6) is 0.349. The van der Waals surface area contributed by atoms with Gasteiger partial charge in [0.2, 0.25) is 5.91 Å². The highest BCUT2D eigenvalue weighted by Gasteiger charge is 2.39. The fourth-order valence-corrected chi connectivity index (χ4v) is 3.42. The quantitative estimate of drug-likeness (QED) is 0.687. The first-order valence-corrected chi connectivity index (χ1v) is 8.00. The number of benzene rings is 1. The molecule has 3 rings (SSSR count). The zero-order valence-corrected chi connectivity index (χ0v) is 13.2. The maximum Gasteiger partial charge on any atom is 0.230 e. The number of nitrogens with zero attached hydrogens (tertiary/aromatic N) is 1. The highest BCUT2D eigenvalue weighted by atomic mass is 16.2. The van der Waals surface area contributed by atoms with E-state index in [1.807, 2.05) is 6.07 Å². The number of amides is 1. The Bertz CT molecular complexity index is 474. The first kappa shape index (κ1) is 15.1. The van der Waals surface area contributed by atoms with Crippen LogP contribution in [0, 0.1) is 0 Å². The van der Waals surface area contributed by atoms with Crippen molar-refractivity contribution < 1.29 is 6.22 Å². The van der Waals surface area contributed by atoms with Crippen LogP contribution in [0.4, 0.5) is 0 Å². The molecule has 2 aliphatic heterocycles. The van der Waals surface area contributed by atoms with Gasteiger partial charge in [-0.25, -0.2) is 0 Å². The highest BCUT2D eigenvalue weighted by Crippen LogP contribution is 2.35. The molecule has 1 aromatic carbocycles. The third-order valence-corrected chi connectivity index (χ3v) is 4.39. The van der Waals surface area contributed by atoms with E-state index in [-0.39, 0.29) is 7.34 Å². The standard InChI is InChI=1S/C15H19NO.C3H8.H2/c1-10-7-8-13-9-12-5-3-4-6-14(12)11(2)15(17)16(10)13;1-3-2;/h3-6,10-11,13H,7-9H2,1-2H3;3H2,1-2H3;1H/t10-,11+,13?;;/m1../s1. The van der Waals surface area contributed by atoms with Gasteiger partial charge in [-0.2, -0.15) is 0 Å². The smallest absolute Gasteiger partial charge is 0.230 e. The molecule has 0 aliphatic carbocycles. The largest absolute Gasteiger partial charge is 0.336 e. The molecule has 0 N–H and O–H groups in total. The predicted molar refractivity (Wildman–Crippen MR) is 86.0 cm³/mol. The van der Waals surface area contributed by atoms with Crippen molar-refractivity contribution in [3.63, 3.8) is 0 Å². The van der Waals surface area contributed by atoms with Crippen molar-refractivity contribution in [2.24, 2.45) is 0 Å². The topological polar surface area (TPSA) is 20.3 Å². The summed E-state index contributed by atoms with van der Waals surface area (Å²) in [7, 11) is 0. The van der Waals surface area contributed by atoms with Crippen LogP contribution in [0.5, 0.6) is 0 Å². The van der Waals surface area contributed by atoms with Gasteiger partial charge in [0.1, 0.15) is 0 Å². The average Bonchev–Trinajstić information content (AvgIpc) is 2.75. The predicted octanol–water partition coefficient (Wildman–Crippen LogP) is 4.39. The Labute approximate surface area is 124 Å². The molecule has 2 heteroatoms. The van der Waals surface area contributed by atoms with Gasteiger partial charge in [0.25, 0.3) is 0 Å². The minimum Gasteiger partial charge on any atom is -0.336 e. The van der Waals surface area contributed by atoms with Gasteiger partial charge in [-0.05, 0) is 44.2 Å². The van der Waals surface area contributed by atoms with E-state index in [9.17, 15) is 4.79 Å². The van der Waals surface area contributed by atoms with Gasteiger partial charge >= 0.3 is 0 Å². The van der Waals surface area contributed by atoms with Crippen molar-refractivity contribution in [1.29, 1.82) is 0 Å². The van der Waals surface area contributed by atoms with E-state index in [0.29, 0.717) is 18.0 Å². The van der Waals surface area contributed by atoms with Crippen molar-refractivity contribution in [1.82, 2.24) is 4.90 Å². The van der Waals surface area contributed by atoms with Crippen LogP contribution in [-0.4, -0.2) is 22.9 Å². The van der Waals surface area contributed by atoms with E-state index in [1.165, 1.54) is 17.5 Å². The Balaban J connectivity index is 0.000000510. The molecule has 2 heterocycles. The normalized spacial score (nSPS) is 28.1. The van der Waals surface area contributed by atoms with Crippen LogP contribution >= 0.6 is 0 Å². The van der Waals surface area contributed by atoms with Crippen LogP contribution in [0.15, 0.2) is 24.3 Å². The van der Waals surface area contributed by atoms with E-state index in [1.54, 1.807) is 0 Å². The Morgan fingerprint density at radius 1 is 1.20 bits per heavy atom. The van der Waals surface area contributed by atoms with Crippen LogP contribution in [0.25, 0.3) is 0 Å².